The van der Waals surface area contributed by atoms with Crippen molar-refractivity contribution in [2.24, 2.45) is 28.1 Å². The van der Waals surface area contributed by atoms with Gasteiger partial charge < -0.3 is 39.4 Å². The average Bonchev–Trinajstić information content (AvgIpc) is 3.35. The third-order valence-corrected chi connectivity index (χ3v) is 8.95. The lowest BCUT2D eigenvalue weighted by Crippen LogP contribution is -2.67. The highest BCUT2D eigenvalue weighted by atomic mass is 16.8. The summed E-state index contributed by atoms with van der Waals surface area (Å²) in [6.45, 7) is 6.63. The third kappa shape index (κ3) is 1.43. The van der Waals surface area contributed by atoms with Gasteiger partial charge in [-0.2, -0.15) is 0 Å². The zero-order valence-electron chi connectivity index (χ0n) is 17.3. The van der Waals surface area contributed by atoms with E-state index < -0.39 is 94.0 Å². The predicted molar refractivity (Wildman–Crippen MR) is 93.4 cm³/mol. The predicted octanol–water partition coefficient (Wildman–Crippen LogP) is -2.40. The van der Waals surface area contributed by atoms with Crippen LogP contribution in [-0.4, -0.2) is 86.3 Å². The molecule has 0 radical (unpaired) electrons. The molecule has 0 aromatic rings. The Balaban J connectivity index is 1.75. The van der Waals surface area contributed by atoms with E-state index in [0.29, 0.717) is 0 Å². The Kier molecular flexibility index (Phi) is 3.15. The van der Waals surface area contributed by atoms with E-state index >= 15 is 0 Å². The van der Waals surface area contributed by atoms with Gasteiger partial charge in [-0.25, -0.2) is 9.59 Å². The number of fused-ring (bicyclic) bond motifs is 1. The maximum atomic E-state index is 13.4. The summed E-state index contributed by atoms with van der Waals surface area (Å²) in [5, 5.41) is 46.1. The molecule has 0 amide bonds. The van der Waals surface area contributed by atoms with Crippen LogP contribution in [0.15, 0.2) is 0 Å². The minimum atomic E-state index is -2.40. The first-order chi connectivity index (χ1) is 14.3. The second-order valence-electron chi connectivity index (χ2n) is 10.8. The Labute approximate surface area is 176 Å². The van der Waals surface area contributed by atoms with Gasteiger partial charge in [0.2, 0.25) is 11.9 Å². The van der Waals surface area contributed by atoms with Gasteiger partial charge in [-0.1, -0.05) is 20.8 Å². The summed E-state index contributed by atoms with van der Waals surface area (Å²) < 4.78 is 22.2. The lowest BCUT2D eigenvalue weighted by molar-refractivity contribution is -0.240. The van der Waals surface area contributed by atoms with E-state index in [2.05, 4.69) is 0 Å². The molecule has 0 bridgehead atoms. The first-order valence-corrected chi connectivity index (χ1v) is 10.3. The maximum Gasteiger partial charge on any atom is 0.343 e. The van der Waals surface area contributed by atoms with Gasteiger partial charge in [-0.3, -0.25) is 4.79 Å². The molecule has 2 aliphatic carbocycles. The van der Waals surface area contributed by atoms with Crippen molar-refractivity contribution in [2.45, 2.75) is 75.7 Å². The van der Waals surface area contributed by atoms with Crippen molar-refractivity contribution in [1.29, 1.82) is 0 Å². The van der Waals surface area contributed by atoms with Crippen LogP contribution in [0, 0.1) is 28.1 Å². The first kappa shape index (κ1) is 19.9. The number of ether oxygens (including phenoxy) is 4. The van der Waals surface area contributed by atoms with Gasteiger partial charge in [0.05, 0.1) is 22.9 Å². The standard InChI is InChI=1S/C20H24O11/c1-5-12(24)28-11-8(22)18-10-6(21)7(16(2,3)4)17(18)9(23)13(25)30-15(17)31-20(18,14(26)29-10)19(5,11)27/h5-11,15,21-23,27H,1-4H3/t5-,6+,7+,8-,9+,10-,11+,15+,17+,18-,19-,20-/m1/s1. The molecule has 11 nitrogen and oxygen atoms in total. The van der Waals surface area contributed by atoms with Crippen LogP contribution in [0.1, 0.15) is 27.7 Å². The van der Waals surface area contributed by atoms with Gasteiger partial charge in [0.25, 0.3) is 0 Å². The van der Waals surface area contributed by atoms with Crippen LogP contribution >= 0.6 is 0 Å². The molecule has 4 heterocycles. The Morgan fingerprint density at radius 2 is 1.58 bits per heavy atom. The summed E-state index contributed by atoms with van der Waals surface area (Å²) in [5.41, 5.74) is -9.40. The summed E-state index contributed by atoms with van der Waals surface area (Å²) in [6, 6.07) is 0. The van der Waals surface area contributed by atoms with Gasteiger partial charge in [-0.15, -0.1) is 0 Å². The van der Waals surface area contributed by atoms with Crippen molar-refractivity contribution in [3.05, 3.63) is 0 Å². The fourth-order valence-corrected chi connectivity index (χ4v) is 8.27. The average molecular weight is 440 g/mol. The molecule has 6 aliphatic rings. The summed E-state index contributed by atoms with van der Waals surface area (Å²) in [5.74, 6) is -5.22. The molecule has 0 aromatic carbocycles. The summed E-state index contributed by atoms with van der Waals surface area (Å²) in [6.07, 6.45) is -9.69. The Hall–Kier alpha value is -1.79. The molecule has 4 saturated heterocycles. The van der Waals surface area contributed by atoms with Crippen molar-refractivity contribution >= 4 is 17.9 Å². The van der Waals surface area contributed by atoms with Crippen LogP contribution in [0.25, 0.3) is 0 Å². The molecule has 4 aliphatic heterocycles. The molecule has 6 rings (SSSR count). The van der Waals surface area contributed by atoms with Crippen molar-refractivity contribution in [2.75, 3.05) is 0 Å². The molecule has 12 atom stereocenters. The second kappa shape index (κ2) is 4.91. The molecular weight excluding hydrogens is 416 g/mol. The van der Waals surface area contributed by atoms with Gasteiger partial charge >= 0.3 is 17.9 Å². The SMILES string of the molecule is C[C@@H]1C(=O)O[C@H]2[C@@H](O)[C@]34[C@@H]5OC(=O)[C@]3(O[C@@H]3OC(=O)[C@H](O)[C@@]34[C@H](C(C)(C)C)[C@@H]5O)[C@@]12O. The number of esters is 3. The molecule has 170 valence electrons. The second-order valence-corrected chi connectivity index (χ2v) is 10.8. The highest BCUT2D eigenvalue weighted by molar-refractivity contribution is 5.94. The zero-order valence-corrected chi connectivity index (χ0v) is 17.3. The molecule has 0 unspecified atom stereocenters. The van der Waals surface area contributed by atoms with Gasteiger partial charge in [0.15, 0.2) is 17.8 Å². The molecule has 4 N–H and O–H groups in total. The quantitative estimate of drug-likeness (QED) is 0.234. The van der Waals surface area contributed by atoms with E-state index in [1.165, 1.54) is 6.92 Å². The third-order valence-electron chi connectivity index (χ3n) is 8.95. The highest BCUT2D eigenvalue weighted by Gasteiger charge is 3.05. The number of aliphatic hydroxyl groups excluding tert-OH is 3. The van der Waals surface area contributed by atoms with Crippen LogP contribution < -0.4 is 0 Å². The van der Waals surface area contributed by atoms with E-state index in [0.717, 1.165) is 0 Å². The highest BCUT2D eigenvalue weighted by Crippen LogP contribution is 2.84. The number of aliphatic hydroxyl groups is 4. The van der Waals surface area contributed by atoms with Crippen molar-refractivity contribution in [1.82, 2.24) is 0 Å². The number of hydrogen-bond donors (Lipinski definition) is 4. The topological polar surface area (TPSA) is 169 Å². The molecule has 2 saturated carbocycles. The van der Waals surface area contributed by atoms with E-state index in [-0.39, 0.29) is 0 Å². The molecule has 31 heavy (non-hydrogen) atoms. The van der Waals surface area contributed by atoms with Gasteiger partial charge in [0, 0.05) is 5.92 Å². The van der Waals surface area contributed by atoms with Gasteiger partial charge in [0.1, 0.15) is 12.2 Å². The summed E-state index contributed by atoms with van der Waals surface area (Å²) >= 11 is 0. The number of rotatable bonds is 0. The van der Waals surface area contributed by atoms with Crippen LogP contribution in [-0.2, 0) is 33.3 Å². The number of hydrogen-bond acceptors (Lipinski definition) is 11. The smallest absolute Gasteiger partial charge is 0.343 e. The first-order valence-electron chi connectivity index (χ1n) is 10.3. The number of carbonyl (C=O) groups excluding carboxylic acids is 3. The van der Waals surface area contributed by atoms with Crippen molar-refractivity contribution in [3.63, 3.8) is 0 Å². The normalized spacial score (nSPS) is 61.0. The molecule has 2 spiro atoms. The fourth-order valence-electron chi connectivity index (χ4n) is 8.27. The van der Waals surface area contributed by atoms with Gasteiger partial charge in [-0.05, 0) is 12.3 Å². The number of carbonyl (C=O) groups is 3. The molecular formula is C20H24O11. The van der Waals surface area contributed by atoms with E-state index in [4.69, 9.17) is 18.9 Å². The maximum absolute atomic E-state index is 13.4. The minimum absolute atomic E-state index is 0.792. The Morgan fingerprint density at radius 3 is 2.19 bits per heavy atom. The molecule has 11 heteroatoms. The van der Waals surface area contributed by atoms with Crippen LogP contribution in [0.2, 0.25) is 0 Å². The largest absolute Gasteiger partial charge is 0.456 e. The van der Waals surface area contributed by atoms with Crippen LogP contribution in [0.3, 0.4) is 0 Å². The van der Waals surface area contributed by atoms with E-state index in [1.54, 1.807) is 20.8 Å². The lowest BCUT2D eigenvalue weighted by Gasteiger charge is -2.47. The van der Waals surface area contributed by atoms with Crippen LogP contribution in [0.4, 0.5) is 0 Å². The molecule has 0 aromatic heterocycles. The summed E-state index contributed by atoms with van der Waals surface area (Å²) in [7, 11) is 0. The van der Waals surface area contributed by atoms with Crippen molar-refractivity contribution in [3.8, 4) is 0 Å². The Morgan fingerprint density at radius 1 is 0.935 bits per heavy atom. The monoisotopic (exact) mass is 440 g/mol. The minimum Gasteiger partial charge on any atom is -0.456 e. The van der Waals surface area contributed by atoms with Crippen molar-refractivity contribution < 1.29 is 53.8 Å². The van der Waals surface area contributed by atoms with Crippen LogP contribution in [0.5, 0.6) is 0 Å². The zero-order chi connectivity index (χ0) is 22.7. The van der Waals surface area contributed by atoms with E-state index in [9.17, 15) is 34.8 Å². The lowest BCUT2D eigenvalue weighted by atomic mass is 9.51. The van der Waals surface area contributed by atoms with E-state index in [1.807, 2.05) is 0 Å². The Bertz CT molecular complexity index is 957. The summed E-state index contributed by atoms with van der Waals surface area (Å²) in [4.78, 5) is 38.3. The fraction of sp³-hybridized carbons (Fsp3) is 0.850. The molecule has 6 fully saturated rings.